The molecule has 1 aliphatic heterocycles. The summed E-state index contributed by atoms with van der Waals surface area (Å²) in [6.45, 7) is 5.40. The molecule has 0 aromatic heterocycles. The number of aliphatic hydroxyl groups is 1. The van der Waals surface area contributed by atoms with E-state index in [2.05, 4.69) is 32.0 Å². The van der Waals surface area contributed by atoms with E-state index < -0.39 is 0 Å². The summed E-state index contributed by atoms with van der Waals surface area (Å²) in [5, 5.41) is 9.24. The van der Waals surface area contributed by atoms with Gasteiger partial charge >= 0.3 is 0 Å². The van der Waals surface area contributed by atoms with Crippen LogP contribution in [-0.2, 0) is 10.2 Å². The maximum absolute atomic E-state index is 9.24. The van der Waals surface area contributed by atoms with Gasteiger partial charge in [0.25, 0.3) is 0 Å². The van der Waals surface area contributed by atoms with E-state index in [9.17, 15) is 5.11 Å². The number of hydrogen-bond acceptors (Lipinski definition) is 3. The molecule has 16 heavy (non-hydrogen) atoms. The van der Waals surface area contributed by atoms with Gasteiger partial charge in [-0.1, -0.05) is 18.2 Å². The Morgan fingerprint density at radius 2 is 2.06 bits per heavy atom. The lowest BCUT2D eigenvalue weighted by molar-refractivity contribution is -0.0798. The van der Waals surface area contributed by atoms with Gasteiger partial charge in [0.2, 0.25) is 0 Å². The number of nitrogens with two attached hydrogens (primary N) is 1. The standard InChI is InChI=1S/C13H19NO2/c1-9-3-4-11(5-10(9)2)13(7-16-8-13)12(14)6-15/h3-5,12,15H,6-8,14H2,1-2H3. The van der Waals surface area contributed by atoms with Gasteiger partial charge < -0.3 is 15.6 Å². The van der Waals surface area contributed by atoms with Crippen molar-refractivity contribution in [1.82, 2.24) is 0 Å². The predicted molar refractivity (Wildman–Crippen MR) is 63.5 cm³/mol. The highest BCUT2D eigenvalue weighted by Crippen LogP contribution is 2.35. The van der Waals surface area contributed by atoms with Crippen LogP contribution in [0.1, 0.15) is 16.7 Å². The zero-order valence-electron chi connectivity index (χ0n) is 9.86. The quantitative estimate of drug-likeness (QED) is 0.797. The van der Waals surface area contributed by atoms with Gasteiger partial charge in [0.05, 0.1) is 25.2 Å². The molecule has 0 amide bonds. The Labute approximate surface area is 96.2 Å². The van der Waals surface area contributed by atoms with Crippen molar-refractivity contribution in [2.24, 2.45) is 5.73 Å². The molecule has 0 saturated carbocycles. The summed E-state index contributed by atoms with van der Waals surface area (Å²) in [6, 6.07) is 6.12. The molecule has 1 aromatic carbocycles. The van der Waals surface area contributed by atoms with E-state index >= 15 is 0 Å². The van der Waals surface area contributed by atoms with Gasteiger partial charge in [-0.25, -0.2) is 0 Å². The normalized spacial score (nSPS) is 20.2. The zero-order chi connectivity index (χ0) is 11.8. The molecule has 1 aromatic rings. The molecule has 1 aliphatic rings. The maximum Gasteiger partial charge on any atom is 0.0601 e. The van der Waals surface area contributed by atoms with Gasteiger partial charge in [0, 0.05) is 6.04 Å². The fourth-order valence-electron chi connectivity index (χ4n) is 2.14. The van der Waals surface area contributed by atoms with Crippen LogP contribution < -0.4 is 5.73 Å². The summed E-state index contributed by atoms with van der Waals surface area (Å²) in [6.07, 6.45) is 0. The van der Waals surface area contributed by atoms with Crippen LogP contribution in [-0.4, -0.2) is 31.0 Å². The van der Waals surface area contributed by atoms with E-state index in [0.717, 1.165) is 0 Å². The lowest BCUT2D eigenvalue weighted by Crippen LogP contribution is -2.60. The first-order valence-corrected chi connectivity index (χ1v) is 5.62. The van der Waals surface area contributed by atoms with Crippen molar-refractivity contribution in [2.75, 3.05) is 19.8 Å². The molecule has 1 fully saturated rings. The van der Waals surface area contributed by atoms with Gasteiger partial charge in [-0.3, -0.25) is 0 Å². The monoisotopic (exact) mass is 221 g/mol. The average Bonchev–Trinajstić information content (AvgIpc) is 2.21. The van der Waals surface area contributed by atoms with E-state index in [0.29, 0.717) is 13.2 Å². The van der Waals surface area contributed by atoms with E-state index in [1.54, 1.807) is 0 Å². The fourth-order valence-corrected chi connectivity index (χ4v) is 2.14. The van der Waals surface area contributed by atoms with Crippen LogP contribution in [0.3, 0.4) is 0 Å². The highest BCUT2D eigenvalue weighted by Gasteiger charge is 2.45. The minimum absolute atomic E-state index is 0.00369. The highest BCUT2D eigenvalue weighted by molar-refractivity contribution is 5.37. The fraction of sp³-hybridized carbons (Fsp3) is 0.538. The average molecular weight is 221 g/mol. The molecule has 1 saturated heterocycles. The number of hydrogen-bond donors (Lipinski definition) is 2. The Morgan fingerprint density at radius 1 is 1.38 bits per heavy atom. The van der Waals surface area contributed by atoms with Crippen LogP contribution in [0.15, 0.2) is 18.2 Å². The lowest BCUT2D eigenvalue weighted by atomic mass is 9.72. The summed E-state index contributed by atoms with van der Waals surface area (Å²) in [5.74, 6) is 0. The molecule has 3 nitrogen and oxygen atoms in total. The summed E-state index contributed by atoms with van der Waals surface area (Å²) in [4.78, 5) is 0. The van der Waals surface area contributed by atoms with Crippen molar-refractivity contribution in [3.05, 3.63) is 34.9 Å². The second kappa shape index (κ2) is 4.17. The molecule has 88 valence electrons. The Kier molecular flexibility index (Phi) is 3.02. The van der Waals surface area contributed by atoms with E-state index in [1.165, 1.54) is 16.7 Å². The molecule has 1 atom stereocenters. The Bertz CT molecular complexity index is 386. The number of aryl methyl sites for hydroxylation is 2. The number of aliphatic hydroxyl groups excluding tert-OH is 1. The molecule has 2 rings (SSSR count). The minimum atomic E-state index is -0.247. The van der Waals surface area contributed by atoms with Crippen LogP contribution in [0, 0.1) is 13.8 Å². The van der Waals surface area contributed by atoms with Gasteiger partial charge in [0.15, 0.2) is 0 Å². The van der Waals surface area contributed by atoms with Crippen LogP contribution in [0.5, 0.6) is 0 Å². The van der Waals surface area contributed by atoms with Gasteiger partial charge in [-0.15, -0.1) is 0 Å². The van der Waals surface area contributed by atoms with E-state index in [1.807, 2.05) is 0 Å². The van der Waals surface area contributed by atoms with Crippen molar-refractivity contribution >= 4 is 0 Å². The highest BCUT2D eigenvalue weighted by atomic mass is 16.5. The largest absolute Gasteiger partial charge is 0.395 e. The van der Waals surface area contributed by atoms with Crippen LogP contribution >= 0.6 is 0 Å². The first-order valence-electron chi connectivity index (χ1n) is 5.62. The second-order valence-electron chi connectivity index (χ2n) is 4.74. The van der Waals surface area contributed by atoms with Crippen molar-refractivity contribution < 1.29 is 9.84 Å². The molecule has 0 radical (unpaired) electrons. The molecule has 3 N–H and O–H groups in total. The molecule has 0 bridgehead atoms. The third-order valence-electron chi connectivity index (χ3n) is 3.71. The van der Waals surface area contributed by atoms with Crippen molar-refractivity contribution in [2.45, 2.75) is 25.3 Å². The van der Waals surface area contributed by atoms with Gasteiger partial charge in [-0.05, 0) is 30.5 Å². The third kappa shape index (κ3) is 1.65. The van der Waals surface area contributed by atoms with Crippen molar-refractivity contribution in [3.63, 3.8) is 0 Å². The SMILES string of the molecule is Cc1ccc(C2(C(N)CO)COC2)cc1C. The smallest absolute Gasteiger partial charge is 0.0601 e. The molecule has 0 aliphatic carbocycles. The van der Waals surface area contributed by atoms with Gasteiger partial charge in [0.1, 0.15) is 0 Å². The van der Waals surface area contributed by atoms with Gasteiger partial charge in [-0.2, -0.15) is 0 Å². The van der Waals surface area contributed by atoms with E-state index in [-0.39, 0.29) is 18.1 Å². The van der Waals surface area contributed by atoms with E-state index in [4.69, 9.17) is 10.5 Å². The number of rotatable bonds is 3. The molecule has 1 unspecified atom stereocenters. The number of benzene rings is 1. The molecule has 3 heteroatoms. The second-order valence-corrected chi connectivity index (χ2v) is 4.74. The molecule has 0 spiro atoms. The van der Waals surface area contributed by atoms with Crippen LogP contribution in [0.25, 0.3) is 0 Å². The maximum atomic E-state index is 9.24. The molecular weight excluding hydrogens is 202 g/mol. The van der Waals surface area contributed by atoms with Crippen LogP contribution in [0.4, 0.5) is 0 Å². The lowest BCUT2D eigenvalue weighted by Gasteiger charge is -2.45. The molecule has 1 heterocycles. The summed E-state index contributed by atoms with van der Waals surface area (Å²) in [5.41, 5.74) is 9.53. The van der Waals surface area contributed by atoms with Crippen molar-refractivity contribution in [3.8, 4) is 0 Å². The third-order valence-corrected chi connectivity index (χ3v) is 3.71. The Balaban J connectivity index is 2.37. The summed E-state index contributed by atoms with van der Waals surface area (Å²) < 4.78 is 5.29. The first kappa shape index (κ1) is 11.6. The van der Waals surface area contributed by atoms with Crippen LogP contribution in [0.2, 0.25) is 0 Å². The summed E-state index contributed by atoms with van der Waals surface area (Å²) in [7, 11) is 0. The van der Waals surface area contributed by atoms with Crippen molar-refractivity contribution in [1.29, 1.82) is 0 Å². The zero-order valence-corrected chi connectivity index (χ0v) is 9.86. The number of ether oxygens (including phenoxy) is 1. The summed E-state index contributed by atoms with van der Waals surface area (Å²) >= 11 is 0. The predicted octanol–water partition coefficient (Wildman–Crippen LogP) is 0.891. The Hall–Kier alpha value is -0.900. The topological polar surface area (TPSA) is 55.5 Å². The first-order chi connectivity index (χ1) is 7.60. The Morgan fingerprint density at radius 3 is 2.50 bits per heavy atom. The minimum Gasteiger partial charge on any atom is -0.395 e. The molecular formula is C13H19NO2.